The molecule has 6 heteroatoms. The molecule has 0 bridgehead atoms. The van der Waals surface area contributed by atoms with Crippen LogP contribution in [0, 0.1) is 5.92 Å². The van der Waals surface area contributed by atoms with Crippen molar-refractivity contribution in [2.45, 2.75) is 19.9 Å². The monoisotopic (exact) mass is 254 g/mol. The summed E-state index contributed by atoms with van der Waals surface area (Å²) in [5.74, 6) is -1.90. The van der Waals surface area contributed by atoms with Crippen molar-refractivity contribution in [2.75, 3.05) is 5.73 Å². The molecule has 0 aliphatic carbocycles. The maximum Gasteiger partial charge on any atom is 0.337 e. The first-order chi connectivity index (χ1) is 8.27. The fourth-order valence-corrected chi connectivity index (χ4v) is 0.977. The zero-order valence-corrected chi connectivity index (χ0v) is 10.3. The fourth-order valence-electron chi connectivity index (χ4n) is 0.977. The van der Waals surface area contributed by atoms with Gasteiger partial charge in [0, 0.05) is 5.69 Å². The van der Waals surface area contributed by atoms with Crippen molar-refractivity contribution in [3.63, 3.8) is 0 Å². The SMILES string of the molecule is CC(C)[C@H](N)C(=O)O.Nc1ccccc1C(=O)O. The minimum Gasteiger partial charge on any atom is -0.480 e. The van der Waals surface area contributed by atoms with Gasteiger partial charge in [0.15, 0.2) is 0 Å². The number of rotatable bonds is 3. The van der Waals surface area contributed by atoms with Crippen LogP contribution in [0.15, 0.2) is 24.3 Å². The van der Waals surface area contributed by atoms with E-state index in [0.29, 0.717) is 5.69 Å². The third-order valence-corrected chi connectivity index (χ3v) is 2.19. The number of aliphatic carboxylic acids is 1. The summed E-state index contributed by atoms with van der Waals surface area (Å²) >= 11 is 0. The van der Waals surface area contributed by atoms with Crippen LogP contribution in [0.1, 0.15) is 24.2 Å². The molecule has 0 fully saturated rings. The van der Waals surface area contributed by atoms with Crippen LogP contribution < -0.4 is 11.5 Å². The Labute approximate surface area is 105 Å². The van der Waals surface area contributed by atoms with Gasteiger partial charge in [-0.1, -0.05) is 26.0 Å². The summed E-state index contributed by atoms with van der Waals surface area (Å²) in [6.07, 6.45) is 0. The van der Waals surface area contributed by atoms with Crippen LogP contribution in [-0.4, -0.2) is 28.2 Å². The number of nitrogens with two attached hydrogens (primary N) is 2. The van der Waals surface area contributed by atoms with Crippen LogP contribution in [0.4, 0.5) is 5.69 Å². The van der Waals surface area contributed by atoms with Gasteiger partial charge in [-0.25, -0.2) is 4.79 Å². The van der Waals surface area contributed by atoms with Gasteiger partial charge < -0.3 is 21.7 Å². The lowest BCUT2D eigenvalue weighted by molar-refractivity contribution is -0.139. The fraction of sp³-hybridized carbons (Fsp3) is 0.333. The van der Waals surface area contributed by atoms with Crippen LogP contribution in [-0.2, 0) is 4.79 Å². The number of para-hydroxylation sites is 1. The van der Waals surface area contributed by atoms with Crippen molar-refractivity contribution >= 4 is 17.6 Å². The second-order valence-electron chi connectivity index (χ2n) is 4.00. The predicted octanol–water partition coefficient (Wildman–Crippen LogP) is 1.02. The Morgan fingerprint density at radius 1 is 1.17 bits per heavy atom. The maximum absolute atomic E-state index is 10.3. The van der Waals surface area contributed by atoms with Crippen molar-refractivity contribution < 1.29 is 19.8 Å². The lowest BCUT2D eigenvalue weighted by Crippen LogP contribution is -2.34. The molecule has 0 radical (unpaired) electrons. The first kappa shape index (κ1) is 15.9. The van der Waals surface area contributed by atoms with Crippen LogP contribution in [0.5, 0.6) is 0 Å². The minimum absolute atomic E-state index is 0.0208. The summed E-state index contributed by atoms with van der Waals surface area (Å²) in [5, 5.41) is 16.7. The van der Waals surface area contributed by atoms with E-state index in [0.717, 1.165) is 0 Å². The van der Waals surface area contributed by atoms with E-state index >= 15 is 0 Å². The van der Waals surface area contributed by atoms with Gasteiger partial charge in [-0.05, 0) is 18.1 Å². The minimum atomic E-state index is -0.988. The highest BCUT2D eigenvalue weighted by molar-refractivity contribution is 5.93. The summed E-state index contributed by atoms with van der Waals surface area (Å²) in [4.78, 5) is 20.4. The van der Waals surface area contributed by atoms with Crippen molar-refractivity contribution in [2.24, 2.45) is 11.7 Å². The molecule has 0 spiro atoms. The molecule has 1 aromatic carbocycles. The lowest BCUT2D eigenvalue weighted by Gasteiger charge is -2.07. The summed E-state index contributed by atoms with van der Waals surface area (Å²) in [6.45, 7) is 3.55. The molecule has 0 aromatic heterocycles. The first-order valence-electron chi connectivity index (χ1n) is 5.33. The number of carboxylic acids is 2. The molecule has 6 N–H and O–H groups in total. The van der Waals surface area contributed by atoms with Gasteiger partial charge in [-0.3, -0.25) is 4.79 Å². The summed E-state index contributed by atoms with van der Waals surface area (Å²) in [5.41, 5.74) is 11.0. The topological polar surface area (TPSA) is 127 Å². The molecule has 1 atom stereocenters. The first-order valence-corrected chi connectivity index (χ1v) is 5.33. The van der Waals surface area contributed by atoms with Crippen LogP contribution >= 0.6 is 0 Å². The third-order valence-electron chi connectivity index (χ3n) is 2.19. The molecule has 0 amide bonds. The predicted molar refractivity (Wildman–Crippen MR) is 68.3 cm³/mol. The smallest absolute Gasteiger partial charge is 0.337 e. The van der Waals surface area contributed by atoms with E-state index in [2.05, 4.69) is 0 Å². The zero-order valence-electron chi connectivity index (χ0n) is 10.3. The number of hydrogen-bond donors (Lipinski definition) is 4. The summed E-state index contributed by atoms with van der Waals surface area (Å²) in [7, 11) is 0. The Kier molecular flexibility index (Phi) is 6.44. The van der Waals surface area contributed by atoms with Gasteiger partial charge in [0.1, 0.15) is 6.04 Å². The zero-order chi connectivity index (χ0) is 14.3. The number of aromatic carboxylic acids is 1. The molecule has 1 aromatic rings. The highest BCUT2D eigenvalue weighted by Crippen LogP contribution is 2.09. The van der Waals surface area contributed by atoms with E-state index < -0.39 is 18.0 Å². The number of anilines is 1. The van der Waals surface area contributed by atoms with Gasteiger partial charge in [-0.15, -0.1) is 0 Å². The number of benzene rings is 1. The number of carbonyl (C=O) groups is 2. The Balaban J connectivity index is 0.000000331. The quantitative estimate of drug-likeness (QED) is 0.596. The molecule has 6 nitrogen and oxygen atoms in total. The Hall–Kier alpha value is -2.08. The molecule has 0 aliphatic heterocycles. The average molecular weight is 254 g/mol. The van der Waals surface area contributed by atoms with Crippen molar-refractivity contribution in [3.8, 4) is 0 Å². The largest absolute Gasteiger partial charge is 0.480 e. The number of nitrogen functional groups attached to an aromatic ring is 1. The number of carboxylic acid groups (broad SMARTS) is 2. The van der Waals surface area contributed by atoms with Crippen LogP contribution in [0.3, 0.4) is 0 Å². The van der Waals surface area contributed by atoms with E-state index in [1.165, 1.54) is 6.07 Å². The van der Waals surface area contributed by atoms with Crippen LogP contribution in [0.2, 0.25) is 0 Å². The van der Waals surface area contributed by atoms with Crippen molar-refractivity contribution in [3.05, 3.63) is 29.8 Å². The highest BCUT2D eigenvalue weighted by Gasteiger charge is 2.14. The normalized spacial score (nSPS) is 11.3. The summed E-state index contributed by atoms with van der Waals surface area (Å²) in [6, 6.07) is 5.65. The average Bonchev–Trinajstić information content (AvgIpc) is 2.28. The van der Waals surface area contributed by atoms with E-state index in [9.17, 15) is 9.59 Å². The van der Waals surface area contributed by atoms with E-state index in [1.54, 1.807) is 32.0 Å². The van der Waals surface area contributed by atoms with Crippen molar-refractivity contribution in [1.29, 1.82) is 0 Å². The molecule has 0 saturated carbocycles. The van der Waals surface area contributed by atoms with E-state index in [1.807, 2.05) is 0 Å². The molecule has 0 saturated heterocycles. The van der Waals surface area contributed by atoms with Gasteiger partial charge in [0.25, 0.3) is 0 Å². The molecule has 18 heavy (non-hydrogen) atoms. The Bertz CT molecular complexity index is 418. The second kappa shape index (κ2) is 7.29. The molecular weight excluding hydrogens is 236 g/mol. The molecule has 0 unspecified atom stereocenters. The van der Waals surface area contributed by atoms with Gasteiger partial charge in [0.2, 0.25) is 0 Å². The van der Waals surface area contributed by atoms with Gasteiger partial charge in [0.05, 0.1) is 5.56 Å². The maximum atomic E-state index is 10.3. The van der Waals surface area contributed by atoms with Gasteiger partial charge in [-0.2, -0.15) is 0 Å². The highest BCUT2D eigenvalue weighted by atomic mass is 16.4. The molecule has 0 heterocycles. The molecule has 100 valence electrons. The van der Waals surface area contributed by atoms with E-state index in [-0.39, 0.29) is 11.5 Å². The van der Waals surface area contributed by atoms with Crippen molar-refractivity contribution in [1.82, 2.24) is 0 Å². The third kappa shape index (κ3) is 5.31. The van der Waals surface area contributed by atoms with Crippen LogP contribution in [0.25, 0.3) is 0 Å². The Morgan fingerprint density at radius 2 is 1.67 bits per heavy atom. The van der Waals surface area contributed by atoms with Gasteiger partial charge >= 0.3 is 11.9 Å². The van der Waals surface area contributed by atoms with E-state index in [4.69, 9.17) is 21.7 Å². The molecule has 1 rings (SSSR count). The lowest BCUT2D eigenvalue weighted by atomic mass is 10.1. The standard InChI is InChI=1S/C7H7NO2.C5H11NO2/c8-6-4-2-1-3-5(6)7(9)10;1-3(2)4(6)5(7)8/h1-4H,8H2,(H,9,10);3-4H,6H2,1-2H3,(H,7,8)/t;4-/m.0/s1. The summed E-state index contributed by atoms with van der Waals surface area (Å²) < 4.78 is 0. The molecule has 0 aliphatic rings. The Morgan fingerprint density at radius 3 is 1.89 bits per heavy atom. The molecular formula is C12H18N2O4. The second-order valence-corrected chi connectivity index (χ2v) is 4.00. The number of hydrogen-bond acceptors (Lipinski definition) is 4.